The van der Waals surface area contributed by atoms with Crippen LogP contribution < -0.4 is 8.48 Å². The second-order valence-corrected chi connectivity index (χ2v) is 27.2. The van der Waals surface area contributed by atoms with Crippen molar-refractivity contribution in [1.82, 2.24) is 4.90 Å². The Morgan fingerprint density at radius 2 is 1.68 bits per heavy atom. The zero-order valence-electron chi connectivity index (χ0n) is 24.5. The van der Waals surface area contributed by atoms with Crippen LogP contribution in [0.5, 0.6) is 0 Å². The van der Waals surface area contributed by atoms with Crippen LogP contribution in [-0.4, -0.2) is 66.4 Å². The van der Waals surface area contributed by atoms with Crippen molar-refractivity contribution < 1.29 is 9.53 Å². The van der Waals surface area contributed by atoms with Gasteiger partial charge in [0.25, 0.3) is 0 Å². The molecule has 3 aliphatic rings. The van der Waals surface area contributed by atoms with Gasteiger partial charge in [-0.05, 0) is 0 Å². The standard InChI is InChI=1S/C19H25N2O2S.3C4H9.Sn/c1-19(2,3)23-18(22)20-10-8-15-14(12-20)13-6-4-7-16-17(13)21(15)9-5-11-24-16;3*1-3-4-2;/h6-7,14-15H,5,8-12H2,1-3H3;3*1,3-4H2,2H3;/t14-,15-;;;;/m0..../s1. The summed E-state index contributed by atoms with van der Waals surface area (Å²) >= 11 is -0.452. The summed E-state index contributed by atoms with van der Waals surface area (Å²) in [5.74, 6) is 1.65. The third-order valence-electron chi connectivity index (χ3n) is 8.86. The van der Waals surface area contributed by atoms with Crippen LogP contribution in [0.1, 0.15) is 104 Å². The van der Waals surface area contributed by atoms with Gasteiger partial charge in [0.15, 0.2) is 0 Å². The van der Waals surface area contributed by atoms with Gasteiger partial charge in [-0.3, -0.25) is 0 Å². The zero-order chi connectivity index (χ0) is 26.6. The van der Waals surface area contributed by atoms with E-state index in [0.717, 1.165) is 26.1 Å². The number of hydrogen-bond acceptors (Lipinski definition) is 4. The first-order valence-electron chi connectivity index (χ1n) is 15.3. The summed E-state index contributed by atoms with van der Waals surface area (Å²) in [6.45, 7) is 15.8. The number of ether oxygens (including phenoxy) is 1. The van der Waals surface area contributed by atoms with Gasteiger partial charge in [-0.15, -0.1) is 0 Å². The molecular weight excluding hydrogens is 583 g/mol. The predicted octanol–water partition coefficient (Wildman–Crippen LogP) is 8.15. The molecule has 4 rings (SSSR count). The Labute approximate surface area is 235 Å². The second-order valence-electron chi connectivity index (χ2n) is 12.8. The molecule has 0 spiro atoms. The van der Waals surface area contributed by atoms with E-state index >= 15 is 0 Å². The molecule has 1 fully saturated rings. The van der Waals surface area contributed by atoms with E-state index in [1.54, 1.807) is 10.5 Å². The van der Waals surface area contributed by atoms with Crippen molar-refractivity contribution in [3.8, 4) is 0 Å². The number of piperidine rings is 1. The molecule has 0 bridgehead atoms. The number of anilines is 1. The fourth-order valence-electron chi connectivity index (χ4n) is 6.96. The van der Waals surface area contributed by atoms with Crippen molar-refractivity contribution in [2.75, 3.05) is 30.3 Å². The molecule has 1 aromatic carbocycles. The summed E-state index contributed by atoms with van der Waals surface area (Å²) in [4.78, 5) is 19.4. The number of carbonyl (C=O) groups is 1. The molecule has 1 aromatic rings. The molecule has 0 saturated carbocycles. The first kappa shape index (κ1) is 29.4. The molecule has 1 saturated heterocycles. The van der Waals surface area contributed by atoms with E-state index in [-0.39, 0.29) is 6.09 Å². The first-order chi connectivity index (χ1) is 17.7. The Morgan fingerprint density at radius 3 is 2.27 bits per heavy atom. The molecule has 208 valence electrons. The van der Waals surface area contributed by atoms with E-state index in [4.69, 9.17) is 4.74 Å². The van der Waals surface area contributed by atoms with Gasteiger partial charge in [0.2, 0.25) is 0 Å². The average Bonchev–Trinajstić information content (AvgIpc) is 3.02. The number of likely N-dealkylation sites (tertiary alicyclic amines) is 1. The molecule has 3 heterocycles. The average molecular weight is 636 g/mol. The van der Waals surface area contributed by atoms with E-state index < -0.39 is 24.0 Å². The van der Waals surface area contributed by atoms with Crippen LogP contribution in [0.15, 0.2) is 17.0 Å². The Bertz CT molecular complexity index is 909. The summed E-state index contributed by atoms with van der Waals surface area (Å²) in [6, 6.07) is 5.97. The van der Waals surface area contributed by atoms with Gasteiger partial charge >= 0.3 is 237 Å². The maximum atomic E-state index is 13.1. The van der Waals surface area contributed by atoms with Crippen molar-refractivity contribution in [1.29, 1.82) is 0 Å². The van der Waals surface area contributed by atoms with Gasteiger partial charge in [0.05, 0.1) is 0 Å². The van der Waals surface area contributed by atoms with Gasteiger partial charge in [0.1, 0.15) is 0 Å². The number of benzene rings is 1. The predicted molar refractivity (Wildman–Crippen MR) is 163 cm³/mol. The van der Waals surface area contributed by atoms with Gasteiger partial charge in [0, 0.05) is 0 Å². The molecule has 0 aliphatic carbocycles. The number of fused-ring (bicyclic) bond motifs is 3. The Hall–Kier alpha value is -0.561. The number of hydrogen-bond donors (Lipinski definition) is 0. The molecule has 1 amide bonds. The Morgan fingerprint density at radius 1 is 1.03 bits per heavy atom. The molecule has 3 aliphatic heterocycles. The topological polar surface area (TPSA) is 32.8 Å². The van der Waals surface area contributed by atoms with Crippen molar-refractivity contribution in [2.24, 2.45) is 0 Å². The fourth-order valence-corrected chi connectivity index (χ4v) is 24.4. The number of nitrogens with zero attached hydrogens (tertiary/aromatic N) is 2. The van der Waals surface area contributed by atoms with E-state index in [1.165, 1.54) is 69.7 Å². The van der Waals surface area contributed by atoms with Crippen LogP contribution in [0.4, 0.5) is 10.5 Å². The third kappa shape index (κ3) is 6.61. The summed E-state index contributed by atoms with van der Waals surface area (Å²) in [5.41, 5.74) is 2.66. The van der Waals surface area contributed by atoms with Gasteiger partial charge < -0.3 is 0 Å². The van der Waals surface area contributed by atoms with Crippen LogP contribution in [0.3, 0.4) is 0 Å². The van der Waals surface area contributed by atoms with Crippen molar-refractivity contribution >= 4 is 45.5 Å². The molecular formula is C31H52N2O2SSn. The van der Waals surface area contributed by atoms with E-state index in [0.29, 0.717) is 12.0 Å². The number of carbonyl (C=O) groups excluding carboxylic acids is 1. The zero-order valence-corrected chi connectivity index (χ0v) is 28.2. The van der Waals surface area contributed by atoms with E-state index in [2.05, 4.69) is 49.6 Å². The van der Waals surface area contributed by atoms with Gasteiger partial charge in [-0.2, -0.15) is 0 Å². The normalized spacial score (nSPS) is 21.5. The Kier molecular flexibility index (Phi) is 10.1. The Balaban J connectivity index is 1.75. The third-order valence-corrected chi connectivity index (χ3v) is 25.5. The molecule has 6 heteroatoms. The van der Waals surface area contributed by atoms with Crippen LogP contribution in [0.2, 0.25) is 13.3 Å². The number of unbranched alkanes of at least 4 members (excludes halogenated alkanes) is 3. The van der Waals surface area contributed by atoms with E-state index in [1.807, 2.05) is 29.3 Å². The minimum absolute atomic E-state index is 0.133. The van der Waals surface area contributed by atoms with Crippen LogP contribution >= 0.6 is 11.8 Å². The molecule has 37 heavy (non-hydrogen) atoms. The molecule has 0 unspecified atom stereocenters. The van der Waals surface area contributed by atoms with Gasteiger partial charge in [-0.25, -0.2) is 0 Å². The molecule has 2 atom stereocenters. The summed E-state index contributed by atoms with van der Waals surface area (Å²) in [5, 5.41) is 0. The maximum absolute atomic E-state index is 13.1. The molecule has 0 radical (unpaired) electrons. The monoisotopic (exact) mass is 636 g/mol. The van der Waals surface area contributed by atoms with Crippen molar-refractivity contribution in [3.05, 3.63) is 17.7 Å². The second kappa shape index (κ2) is 12.7. The number of thioether (sulfide) groups is 1. The van der Waals surface area contributed by atoms with Crippen molar-refractivity contribution in [2.45, 2.75) is 129 Å². The molecule has 0 N–H and O–H groups in total. The fraction of sp³-hybridized carbons (Fsp3) is 0.774. The minimum atomic E-state index is -2.57. The van der Waals surface area contributed by atoms with Crippen LogP contribution in [0, 0.1) is 0 Å². The first-order valence-corrected chi connectivity index (χ1v) is 23.8. The van der Waals surface area contributed by atoms with Crippen LogP contribution in [-0.2, 0) is 4.74 Å². The number of rotatable bonds is 10. The van der Waals surface area contributed by atoms with Gasteiger partial charge in [-0.1, -0.05) is 0 Å². The summed E-state index contributed by atoms with van der Waals surface area (Å²) in [6.07, 6.45) is 10.3. The van der Waals surface area contributed by atoms with Crippen molar-refractivity contribution in [3.63, 3.8) is 0 Å². The number of amides is 1. The van der Waals surface area contributed by atoms with Crippen LogP contribution in [0.25, 0.3) is 0 Å². The molecule has 0 aromatic heterocycles. The SMILES string of the molecule is CCC[CH2][Sn]([CH2]CCC)([CH2]CCC)[c]1cc2c3c(c1)[C@@H]1CN(C(=O)OC(C)(C)C)CC[C@@H]1N3CCCS2. The quantitative estimate of drug-likeness (QED) is 0.243. The summed E-state index contributed by atoms with van der Waals surface area (Å²) in [7, 11) is 0. The summed E-state index contributed by atoms with van der Waals surface area (Å²) < 4.78 is 12.2. The molecule has 4 nitrogen and oxygen atoms in total. The van der Waals surface area contributed by atoms with E-state index in [9.17, 15) is 4.79 Å².